The Morgan fingerprint density at radius 1 is 0.786 bits per heavy atom. The molecule has 1 aromatic rings. The van der Waals surface area contributed by atoms with Gasteiger partial charge in [0.2, 0.25) is 5.78 Å². The van der Waals surface area contributed by atoms with Crippen molar-refractivity contribution in [1.82, 2.24) is 4.90 Å². The summed E-state index contributed by atoms with van der Waals surface area (Å²) in [7, 11) is 0. The second kappa shape index (κ2) is 12.9. The lowest BCUT2D eigenvalue weighted by atomic mass is 9.73. The molecule has 2 amide bonds. The van der Waals surface area contributed by atoms with Crippen molar-refractivity contribution in [2.75, 3.05) is 10.2 Å². The van der Waals surface area contributed by atoms with Crippen LogP contribution in [-0.4, -0.2) is 81.7 Å². The summed E-state index contributed by atoms with van der Waals surface area (Å²) >= 11 is 0. The molecule has 56 heavy (non-hydrogen) atoms. The maximum Gasteiger partial charge on any atom is 0.463 e. The minimum absolute atomic E-state index is 0.262. The first-order chi connectivity index (χ1) is 25.2. The van der Waals surface area contributed by atoms with E-state index in [1.54, 1.807) is 65.6 Å². The molecule has 2 aliphatic heterocycles. The quantitative estimate of drug-likeness (QED) is 0.220. The predicted molar refractivity (Wildman–Crippen MR) is 188 cm³/mol. The van der Waals surface area contributed by atoms with Crippen molar-refractivity contribution in [3.05, 3.63) is 63.6 Å². The highest BCUT2D eigenvalue weighted by Crippen LogP contribution is 2.54. The van der Waals surface area contributed by atoms with Gasteiger partial charge in [0.15, 0.2) is 0 Å². The van der Waals surface area contributed by atoms with Crippen molar-refractivity contribution in [3.63, 3.8) is 0 Å². The van der Waals surface area contributed by atoms with Crippen molar-refractivity contribution in [2.45, 2.75) is 123 Å². The van der Waals surface area contributed by atoms with Crippen LogP contribution >= 0.6 is 0 Å². The van der Waals surface area contributed by atoms with Crippen LogP contribution in [0.15, 0.2) is 57.5 Å². The number of benzene rings is 1. The van der Waals surface area contributed by atoms with Gasteiger partial charge in [-0.25, -0.2) is 4.99 Å². The highest BCUT2D eigenvalue weighted by atomic mass is 19.4. The van der Waals surface area contributed by atoms with Crippen molar-refractivity contribution in [1.29, 1.82) is 0 Å². The van der Waals surface area contributed by atoms with Crippen molar-refractivity contribution >= 4 is 40.3 Å². The van der Waals surface area contributed by atoms with E-state index in [2.05, 4.69) is 4.99 Å². The number of amides is 2. The fourth-order valence-corrected chi connectivity index (χ4v) is 7.77. The lowest BCUT2D eigenvalue weighted by Crippen LogP contribution is -2.47. The fraction of sp³-hybridized carbons (Fsp3) is 0.526. The maximum atomic E-state index is 14.3. The molecule has 0 aromatic heterocycles. The summed E-state index contributed by atoms with van der Waals surface area (Å²) in [6.45, 7) is 17.9. The van der Waals surface area contributed by atoms with Crippen LogP contribution in [0, 0.1) is 5.41 Å². The van der Waals surface area contributed by atoms with Gasteiger partial charge in [0.1, 0.15) is 5.76 Å². The van der Waals surface area contributed by atoms with Crippen LogP contribution in [0.5, 0.6) is 0 Å². The fourth-order valence-electron chi connectivity index (χ4n) is 7.77. The van der Waals surface area contributed by atoms with Crippen LogP contribution in [0.1, 0.15) is 80.4 Å². The average Bonchev–Trinajstić information content (AvgIpc) is 3.36. The lowest BCUT2D eigenvalue weighted by molar-refractivity contribution is -0.268. The molecular formula is C38H40F10N4O4. The van der Waals surface area contributed by atoms with Gasteiger partial charge < -0.3 is 20.2 Å². The Labute approximate surface area is 315 Å². The van der Waals surface area contributed by atoms with E-state index in [9.17, 15) is 63.4 Å². The Balaban J connectivity index is 1.80. The van der Waals surface area contributed by atoms with Gasteiger partial charge in [-0.1, -0.05) is 27.7 Å². The number of halogens is 10. The zero-order chi connectivity index (χ0) is 42.8. The van der Waals surface area contributed by atoms with Crippen LogP contribution < -0.4 is 10.2 Å². The molecule has 2 heterocycles. The largest absolute Gasteiger partial charge is 0.506 e. The molecule has 0 spiro atoms. The molecule has 4 aliphatic rings. The summed E-state index contributed by atoms with van der Waals surface area (Å²) in [6.07, 6.45) is -10.4. The topological polar surface area (TPSA) is 102 Å². The molecule has 8 nitrogen and oxygen atoms in total. The Morgan fingerprint density at radius 2 is 1.30 bits per heavy atom. The number of aliphatic hydroxyl groups excluding tert-OH is 1. The number of ketones is 1. The van der Waals surface area contributed by atoms with E-state index in [0.717, 1.165) is 12.1 Å². The summed E-state index contributed by atoms with van der Waals surface area (Å²) in [5.74, 6) is -19.7. The van der Waals surface area contributed by atoms with Gasteiger partial charge in [-0.05, 0) is 77.0 Å². The molecule has 18 heteroatoms. The third-order valence-corrected chi connectivity index (χ3v) is 11.4. The third-order valence-electron chi connectivity index (χ3n) is 11.4. The van der Waals surface area contributed by atoms with Crippen LogP contribution in [0.3, 0.4) is 0 Å². The van der Waals surface area contributed by atoms with Gasteiger partial charge in [0.05, 0.1) is 22.5 Å². The minimum atomic E-state index is -6.34. The zero-order valence-electron chi connectivity index (χ0n) is 31.9. The monoisotopic (exact) mass is 806 g/mol. The molecule has 0 radical (unpaired) electrons. The second-order valence-electron chi connectivity index (χ2n) is 16.0. The first-order valence-electron chi connectivity index (χ1n) is 17.5. The number of aliphatic imine (C=N–C) groups is 1. The number of fused-ring (bicyclic) bond motifs is 2. The van der Waals surface area contributed by atoms with E-state index in [0.29, 0.717) is 22.5 Å². The number of Topliss-reactive ketones (excluding diaryl/α,β-unsaturated/α-hetero) is 1. The van der Waals surface area contributed by atoms with Crippen molar-refractivity contribution in [3.8, 4) is 0 Å². The second-order valence-corrected chi connectivity index (χ2v) is 16.0. The van der Waals surface area contributed by atoms with Gasteiger partial charge >= 0.3 is 36.0 Å². The summed E-state index contributed by atoms with van der Waals surface area (Å²) in [5.41, 5.74) is -4.04. The SMILES string of the molecule is CC(C)N1C2=CC(=NC(=O)C(F)(F)C(F)(F)F)C(=C3C(=O)C(c4cc5c(cc4NC(=O)C(F)(F)C(F)(F)F)N(C(C)C)C(C)C5(C)C)=C3O)C=C2C(C)(C)C1C. The Bertz CT molecular complexity index is 2080. The molecule has 1 saturated heterocycles. The van der Waals surface area contributed by atoms with Crippen molar-refractivity contribution in [2.24, 2.45) is 10.4 Å². The van der Waals surface area contributed by atoms with Crippen LogP contribution in [0.4, 0.5) is 55.3 Å². The minimum Gasteiger partial charge on any atom is -0.506 e. The van der Waals surface area contributed by atoms with E-state index in [1.165, 1.54) is 12.1 Å². The predicted octanol–water partition coefficient (Wildman–Crippen LogP) is 8.99. The van der Waals surface area contributed by atoms with Gasteiger partial charge in [0, 0.05) is 57.5 Å². The summed E-state index contributed by atoms with van der Waals surface area (Å²) < 4.78 is 137. The molecule has 0 saturated carbocycles. The molecule has 5 rings (SSSR count). The van der Waals surface area contributed by atoms with Crippen molar-refractivity contribution < 1.29 is 63.4 Å². The molecule has 1 fully saturated rings. The number of nitrogens with zero attached hydrogens (tertiary/aromatic N) is 3. The number of carbonyl (C=O) groups excluding carboxylic acids is 3. The van der Waals surface area contributed by atoms with Crippen LogP contribution in [0.2, 0.25) is 0 Å². The maximum absolute atomic E-state index is 14.3. The molecule has 1 aromatic carbocycles. The summed E-state index contributed by atoms with van der Waals surface area (Å²) in [5, 5.41) is 13.2. The highest BCUT2D eigenvalue weighted by molar-refractivity contribution is 6.42. The van der Waals surface area contributed by atoms with E-state index in [4.69, 9.17) is 0 Å². The Hall–Kier alpha value is -4.64. The first kappa shape index (κ1) is 42.5. The number of hydrogen-bond acceptors (Lipinski definition) is 6. The highest BCUT2D eigenvalue weighted by Gasteiger charge is 2.65. The molecule has 0 bridgehead atoms. The van der Waals surface area contributed by atoms with E-state index < -0.39 is 92.1 Å². The zero-order valence-corrected chi connectivity index (χ0v) is 31.9. The normalized spacial score (nSPS) is 24.5. The molecule has 2 aliphatic carbocycles. The standard InChI is InChI=1S/C38H40F10N4O4/c1-15(2)51-17(5)33(7,8)21-11-19(23(13-25(21)51)49-31(55)35(39,40)37(43,44)45)27-29(53)28(30(27)54)20-12-22-26(52(16(3)4)18(6)34(22,9)10)14-24(20)50-32(56)36(41,42)38(46,47)48/h11-18,53H,1-10H3,(H,49,55). The van der Waals surface area contributed by atoms with Crippen LogP contribution in [0.25, 0.3) is 5.57 Å². The average molecular weight is 807 g/mol. The lowest BCUT2D eigenvalue weighted by Gasteiger charge is -2.34. The first-order valence-corrected chi connectivity index (χ1v) is 17.5. The Morgan fingerprint density at radius 3 is 1.79 bits per heavy atom. The van der Waals surface area contributed by atoms with E-state index in [1.807, 2.05) is 18.7 Å². The summed E-state index contributed by atoms with van der Waals surface area (Å²) in [6, 6.07) is 1.16. The number of hydrogen-bond donors (Lipinski definition) is 2. The van der Waals surface area contributed by atoms with Gasteiger partial charge in [-0.2, -0.15) is 43.9 Å². The van der Waals surface area contributed by atoms with Gasteiger partial charge in [-0.15, -0.1) is 0 Å². The number of nitrogens with one attached hydrogen (secondary N) is 1. The third kappa shape index (κ3) is 6.12. The molecule has 2 N–H and O–H groups in total. The molecule has 306 valence electrons. The number of allylic oxidation sites excluding steroid dienone is 6. The number of alkyl halides is 10. The molecule has 2 atom stereocenters. The van der Waals surface area contributed by atoms with Gasteiger partial charge in [-0.3, -0.25) is 14.4 Å². The number of rotatable bonds is 6. The number of likely N-dealkylation sites (tertiary alicyclic amines) is 1. The molecule has 2 unspecified atom stereocenters. The number of aliphatic hydroxyl groups is 1. The van der Waals surface area contributed by atoms with Gasteiger partial charge in [0.25, 0.3) is 0 Å². The van der Waals surface area contributed by atoms with Crippen LogP contribution in [-0.2, 0) is 19.8 Å². The van der Waals surface area contributed by atoms with E-state index >= 15 is 0 Å². The summed E-state index contributed by atoms with van der Waals surface area (Å²) in [4.78, 5) is 45.9. The number of anilines is 2. The smallest absolute Gasteiger partial charge is 0.463 e. The van der Waals surface area contributed by atoms with E-state index in [-0.39, 0.29) is 24.2 Å². The Kier molecular flexibility index (Phi) is 9.82. The molecular weight excluding hydrogens is 766 g/mol. The number of carbonyl (C=O) groups is 3.